The van der Waals surface area contributed by atoms with Crippen LogP contribution in [0, 0.1) is 11.3 Å². The molecule has 0 heterocycles. The lowest BCUT2D eigenvalue weighted by Gasteiger charge is -2.21. The third kappa shape index (κ3) is 5.81. The summed E-state index contributed by atoms with van der Waals surface area (Å²) < 4.78 is 27.6. The van der Waals surface area contributed by atoms with Gasteiger partial charge in [-0.3, -0.25) is 4.79 Å². The molecule has 2 aromatic rings. The zero-order chi connectivity index (χ0) is 20.9. The summed E-state index contributed by atoms with van der Waals surface area (Å²) in [5.74, 6) is -0.344. The first-order valence-corrected chi connectivity index (χ1v) is 10.2. The van der Waals surface area contributed by atoms with Crippen molar-refractivity contribution in [3.8, 4) is 6.07 Å². The molecule has 0 fully saturated rings. The predicted molar refractivity (Wildman–Crippen MR) is 109 cm³/mol. The molecular formula is C20H24N4O3S. The minimum Gasteiger partial charge on any atom is -0.374 e. The van der Waals surface area contributed by atoms with Crippen molar-refractivity contribution in [1.82, 2.24) is 4.72 Å². The molecule has 7 nitrogen and oxygen atoms in total. The van der Waals surface area contributed by atoms with Gasteiger partial charge in [0.1, 0.15) is 12.1 Å². The third-order valence-electron chi connectivity index (χ3n) is 3.67. The van der Waals surface area contributed by atoms with Crippen molar-refractivity contribution in [2.24, 2.45) is 0 Å². The van der Waals surface area contributed by atoms with Crippen LogP contribution >= 0.6 is 0 Å². The van der Waals surface area contributed by atoms with Crippen LogP contribution in [0.4, 0.5) is 11.4 Å². The molecule has 2 rings (SSSR count). The van der Waals surface area contributed by atoms with Crippen LogP contribution in [-0.2, 0) is 14.8 Å². The molecule has 28 heavy (non-hydrogen) atoms. The van der Waals surface area contributed by atoms with Gasteiger partial charge in [0.2, 0.25) is 15.9 Å². The maximum Gasteiger partial charge on any atom is 0.246 e. The van der Waals surface area contributed by atoms with E-state index in [0.717, 1.165) is 0 Å². The minimum atomic E-state index is -3.68. The van der Waals surface area contributed by atoms with Crippen molar-refractivity contribution in [2.45, 2.75) is 44.2 Å². The number of hydrogen-bond donors (Lipinski definition) is 3. The highest BCUT2D eigenvalue weighted by atomic mass is 32.2. The first kappa shape index (κ1) is 21.4. The fourth-order valence-electron chi connectivity index (χ4n) is 2.46. The molecule has 0 aliphatic carbocycles. The molecule has 0 spiro atoms. The van der Waals surface area contributed by atoms with Crippen LogP contribution in [0.25, 0.3) is 0 Å². The van der Waals surface area contributed by atoms with Gasteiger partial charge in [-0.25, -0.2) is 13.1 Å². The highest BCUT2D eigenvalue weighted by Crippen LogP contribution is 2.19. The van der Waals surface area contributed by atoms with E-state index in [0.29, 0.717) is 16.9 Å². The number of nitrogens with zero attached hydrogens (tertiary/aromatic N) is 1. The van der Waals surface area contributed by atoms with Crippen molar-refractivity contribution in [3.05, 3.63) is 54.1 Å². The number of sulfonamides is 1. The molecule has 1 atom stereocenters. The van der Waals surface area contributed by atoms with Gasteiger partial charge in [-0.1, -0.05) is 18.2 Å². The summed E-state index contributed by atoms with van der Waals surface area (Å²) in [5.41, 5.74) is 0.676. The Labute approximate surface area is 165 Å². The number of carbonyl (C=O) groups excluding carboxylic acids is 1. The molecule has 0 aromatic heterocycles. The molecule has 0 saturated heterocycles. The Bertz CT molecular complexity index is 1000. The highest BCUT2D eigenvalue weighted by molar-refractivity contribution is 7.89. The SMILES string of the molecule is C[C@H](Nc1cccc(S(=O)(=O)NC(C)(C)C)c1)C(=O)Nc1ccccc1C#N. The van der Waals surface area contributed by atoms with E-state index in [9.17, 15) is 13.2 Å². The number of nitrogens with one attached hydrogen (secondary N) is 3. The van der Waals surface area contributed by atoms with Crippen molar-refractivity contribution in [3.63, 3.8) is 0 Å². The van der Waals surface area contributed by atoms with Crippen LogP contribution in [0.3, 0.4) is 0 Å². The van der Waals surface area contributed by atoms with Crippen LogP contribution in [0.2, 0.25) is 0 Å². The summed E-state index contributed by atoms with van der Waals surface area (Å²) in [6.07, 6.45) is 0. The van der Waals surface area contributed by atoms with E-state index < -0.39 is 21.6 Å². The average molecular weight is 401 g/mol. The lowest BCUT2D eigenvalue weighted by atomic mass is 10.1. The van der Waals surface area contributed by atoms with Crippen molar-refractivity contribution >= 4 is 27.3 Å². The Hall–Kier alpha value is -2.89. The largest absolute Gasteiger partial charge is 0.374 e. The maximum atomic E-state index is 12.5. The van der Waals surface area contributed by atoms with Crippen LogP contribution in [0.5, 0.6) is 0 Å². The van der Waals surface area contributed by atoms with E-state index >= 15 is 0 Å². The Kier molecular flexibility index (Phi) is 6.44. The van der Waals surface area contributed by atoms with E-state index in [1.54, 1.807) is 64.1 Å². The van der Waals surface area contributed by atoms with E-state index in [-0.39, 0.29) is 10.8 Å². The molecular weight excluding hydrogens is 376 g/mol. The van der Waals surface area contributed by atoms with Crippen LogP contribution in [0.15, 0.2) is 53.4 Å². The Morgan fingerprint density at radius 1 is 1.11 bits per heavy atom. The van der Waals surface area contributed by atoms with Crippen LogP contribution in [0.1, 0.15) is 33.3 Å². The van der Waals surface area contributed by atoms with Gasteiger partial charge in [0, 0.05) is 11.2 Å². The first-order valence-electron chi connectivity index (χ1n) is 8.72. The van der Waals surface area contributed by atoms with Gasteiger partial charge in [0.05, 0.1) is 16.1 Å². The standard InChI is InChI=1S/C20H24N4O3S/c1-14(19(25)23-18-11-6-5-8-15(18)13-21)22-16-9-7-10-17(12-16)28(26,27)24-20(2,3)4/h5-12,14,22,24H,1-4H3,(H,23,25)/t14-/m0/s1. The summed E-state index contributed by atoms with van der Waals surface area (Å²) in [6, 6.07) is 14.3. The minimum absolute atomic E-state index is 0.106. The summed E-state index contributed by atoms with van der Waals surface area (Å²) in [6.45, 7) is 6.94. The van der Waals surface area contributed by atoms with Crippen molar-refractivity contribution < 1.29 is 13.2 Å². The summed E-state index contributed by atoms with van der Waals surface area (Å²) in [4.78, 5) is 12.5. The maximum absolute atomic E-state index is 12.5. The molecule has 0 radical (unpaired) electrons. The fraction of sp³-hybridized carbons (Fsp3) is 0.300. The molecule has 8 heteroatoms. The van der Waals surface area contributed by atoms with Gasteiger partial charge < -0.3 is 10.6 Å². The van der Waals surface area contributed by atoms with Gasteiger partial charge in [-0.05, 0) is 58.0 Å². The summed E-state index contributed by atoms with van der Waals surface area (Å²) >= 11 is 0. The Morgan fingerprint density at radius 3 is 2.43 bits per heavy atom. The zero-order valence-corrected chi connectivity index (χ0v) is 17.1. The zero-order valence-electron chi connectivity index (χ0n) is 16.3. The van der Waals surface area contributed by atoms with Crippen molar-refractivity contribution in [1.29, 1.82) is 5.26 Å². The summed E-state index contributed by atoms with van der Waals surface area (Å²) in [5, 5.41) is 14.8. The second-order valence-electron chi connectivity index (χ2n) is 7.40. The average Bonchev–Trinajstić information content (AvgIpc) is 2.60. The number of hydrogen-bond acceptors (Lipinski definition) is 5. The number of amides is 1. The monoisotopic (exact) mass is 400 g/mol. The van der Waals surface area contributed by atoms with Gasteiger partial charge >= 0.3 is 0 Å². The van der Waals surface area contributed by atoms with Gasteiger partial charge in [0.15, 0.2) is 0 Å². The number of carbonyl (C=O) groups is 1. The third-order valence-corrected chi connectivity index (χ3v) is 5.42. The van der Waals surface area contributed by atoms with Crippen molar-refractivity contribution in [2.75, 3.05) is 10.6 Å². The number of anilines is 2. The molecule has 0 unspecified atom stereocenters. The van der Waals surface area contributed by atoms with Gasteiger partial charge in [0.25, 0.3) is 0 Å². The molecule has 148 valence electrons. The normalized spacial score (nSPS) is 12.7. The number of nitriles is 1. The molecule has 0 bridgehead atoms. The van der Waals surface area contributed by atoms with E-state index in [2.05, 4.69) is 15.4 Å². The van der Waals surface area contributed by atoms with E-state index in [4.69, 9.17) is 5.26 Å². The summed E-state index contributed by atoms with van der Waals surface area (Å²) in [7, 11) is -3.68. The Balaban J connectivity index is 2.13. The molecule has 0 saturated carbocycles. The Morgan fingerprint density at radius 2 is 1.79 bits per heavy atom. The number of rotatable bonds is 6. The molecule has 2 aromatic carbocycles. The van der Waals surface area contributed by atoms with Crippen LogP contribution in [-0.4, -0.2) is 25.9 Å². The number of para-hydroxylation sites is 1. The van der Waals surface area contributed by atoms with Gasteiger partial charge in [-0.2, -0.15) is 5.26 Å². The first-order chi connectivity index (χ1) is 13.0. The molecule has 3 N–H and O–H groups in total. The van der Waals surface area contributed by atoms with Crippen LogP contribution < -0.4 is 15.4 Å². The lowest BCUT2D eigenvalue weighted by molar-refractivity contribution is -0.116. The highest BCUT2D eigenvalue weighted by Gasteiger charge is 2.22. The molecule has 1 amide bonds. The lowest BCUT2D eigenvalue weighted by Crippen LogP contribution is -2.40. The topological polar surface area (TPSA) is 111 Å². The molecule has 0 aliphatic rings. The fourth-order valence-corrected chi connectivity index (χ4v) is 3.93. The molecule has 0 aliphatic heterocycles. The number of benzene rings is 2. The predicted octanol–water partition coefficient (Wildman–Crippen LogP) is 3.07. The second kappa shape index (κ2) is 8.42. The van der Waals surface area contributed by atoms with Gasteiger partial charge in [-0.15, -0.1) is 0 Å². The van der Waals surface area contributed by atoms with E-state index in [1.807, 2.05) is 6.07 Å². The second-order valence-corrected chi connectivity index (χ2v) is 9.08. The smallest absolute Gasteiger partial charge is 0.246 e. The quantitative estimate of drug-likeness (QED) is 0.690. The van der Waals surface area contributed by atoms with E-state index in [1.165, 1.54) is 12.1 Å².